The minimum Gasteiger partial charge on any atom is -0.481 e. The summed E-state index contributed by atoms with van der Waals surface area (Å²) in [6.45, 7) is 0. The smallest absolute Gasteiger partial charge is 0.303 e. The first-order valence-electron chi connectivity index (χ1n) is 7.11. The van der Waals surface area contributed by atoms with Gasteiger partial charge in [0.1, 0.15) is 5.69 Å². The summed E-state index contributed by atoms with van der Waals surface area (Å²) in [7, 11) is 0. The summed E-state index contributed by atoms with van der Waals surface area (Å²) in [5.41, 5.74) is -0.374. The summed E-state index contributed by atoms with van der Waals surface area (Å²) in [6.07, 6.45) is -0.351. The van der Waals surface area contributed by atoms with Crippen LogP contribution in [-0.4, -0.2) is 37.6 Å². The molecule has 2 rings (SSSR count). The molecule has 0 fully saturated rings. The number of nitrogen functional groups attached to an aromatic ring is 1. The Hall–Kier alpha value is -2.30. The summed E-state index contributed by atoms with van der Waals surface area (Å²) in [5.74, 6) is 4.05. The van der Waals surface area contributed by atoms with Gasteiger partial charge in [-0.05, 0) is 12.1 Å². The van der Waals surface area contributed by atoms with Gasteiger partial charge in [0, 0.05) is 6.42 Å². The van der Waals surface area contributed by atoms with Crippen LogP contribution in [0.1, 0.15) is 12.1 Å². The Bertz CT molecular complexity index is 905. The Morgan fingerprint density at radius 3 is 2.73 bits per heavy atom. The number of hydrogen-bond donors (Lipinski definition) is 3. The maximum Gasteiger partial charge on any atom is 0.303 e. The van der Waals surface area contributed by atoms with Crippen LogP contribution in [0.15, 0.2) is 28.2 Å². The lowest BCUT2D eigenvalue weighted by molar-refractivity contribution is -0.137. The number of anilines is 1. The Kier molecular flexibility index (Phi) is 6.83. The van der Waals surface area contributed by atoms with Gasteiger partial charge >= 0.3 is 5.97 Å². The minimum absolute atomic E-state index is 0.0152. The number of hydrogen-bond acceptors (Lipinski definition) is 7. The van der Waals surface area contributed by atoms with Crippen LogP contribution in [0, 0.1) is 0 Å². The van der Waals surface area contributed by atoms with Gasteiger partial charge in [-0.15, -0.1) is 10.2 Å². The summed E-state index contributed by atoms with van der Waals surface area (Å²) in [4.78, 5) is 34.6. The third kappa shape index (κ3) is 5.10. The topological polar surface area (TPSA) is 140 Å². The number of nitrogens with zero attached hydrogens (tertiary/aromatic N) is 3. The van der Waals surface area contributed by atoms with Gasteiger partial charge < -0.3 is 16.3 Å². The summed E-state index contributed by atoms with van der Waals surface area (Å²) < 4.78 is 0.731. The number of nitrogens with one attached hydrogen (secondary N) is 1. The van der Waals surface area contributed by atoms with E-state index in [0.29, 0.717) is 10.7 Å². The summed E-state index contributed by atoms with van der Waals surface area (Å²) in [6, 6.07) is 4.81. The van der Waals surface area contributed by atoms with Gasteiger partial charge in [0.25, 0.3) is 5.56 Å². The quantitative estimate of drug-likeness (QED) is 0.453. The van der Waals surface area contributed by atoms with Crippen molar-refractivity contribution in [1.29, 1.82) is 0 Å². The molecule has 2 aromatic rings. The van der Waals surface area contributed by atoms with Gasteiger partial charge in [0.2, 0.25) is 11.1 Å². The third-order valence-corrected chi connectivity index (χ3v) is 4.82. The van der Waals surface area contributed by atoms with Gasteiger partial charge in [0.15, 0.2) is 0 Å². The van der Waals surface area contributed by atoms with Crippen molar-refractivity contribution in [3.8, 4) is 0 Å². The van der Waals surface area contributed by atoms with E-state index in [4.69, 9.17) is 34.2 Å². The van der Waals surface area contributed by atoms with E-state index in [9.17, 15) is 14.4 Å². The predicted molar refractivity (Wildman–Crippen MR) is 98.2 cm³/mol. The highest BCUT2D eigenvalue weighted by Crippen LogP contribution is 2.29. The number of nitrogens with two attached hydrogens (primary N) is 1. The molecule has 0 unspecified atom stereocenters. The molecule has 12 heteroatoms. The number of aryl methyl sites for hydroxylation is 1. The number of aliphatic carboxylic acids is 1. The standard InChI is InChI=1S/C14H13Cl2N5O4S/c15-7-2-1-3-8(12(7)16)18-10(22)6-26-14-20-19-9(4-5-11(23)24)13(25)21(14)17/h1-3H,4-6,17H2,(H,18,22)(H,23,24). The van der Waals surface area contributed by atoms with Crippen molar-refractivity contribution < 1.29 is 14.7 Å². The van der Waals surface area contributed by atoms with Gasteiger partial charge in [-0.25, -0.2) is 0 Å². The molecule has 138 valence electrons. The van der Waals surface area contributed by atoms with Crippen LogP contribution in [0.4, 0.5) is 5.69 Å². The average Bonchev–Trinajstić information content (AvgIpc) is 2.59. The lowest BCUT2D eigenvalue weighted by Gasteiger charge is -2.09. The molecule has 0 spiro atoms. The minimum atomic E-state index is -1.07. The zero-order chi connectivity index (χ0) is 19.3. The van der Waals surface area contributed by atoms with Crippen LogP contribution in [0.5, 0.6) is 0 Å². The number of carboxylic acids is 1. The lowest BCUT2D eigenvalue weighted by Crippen LogP contribution is -2.34. The molecule has 26 heavy (non-hydrogen) atoms. The van der Waals surface area contributed by atoms with E-state index in [0.717, 1.165) is 16.4 Å². The second-order valence-corrected chi connectivity index (χ2v) is 6.66. The lowest BCUT2D eigenvalue weighted by atomic mass is 10.2. The van der Waals surface area contributed by atoms with Crippen LogP contribution in [0.3, 0.4) is 0 Å². The predicted octanol–water partition coefficient (Wildman–Crippen LogP) is 1.41. The number of benzene rings is 1. The maximum absolute atomic E-state index is 12.0. The van der Waals surface area contributed by atoms with Crippen LogP contribution < -0.4 is 16.7 Å². The normalized spacial score (nSPS) is 10.5. The van der Waals surface area contributed by atoms with E-state index in [-0.39, 0.29) is 34.5 Å². The molecule has 0 radical (unpaired) electrons. The number of carboxylic acid groups (broad SMARTS) is 1. The van der Waals surface area contributed by atoms with Crippen molar-refractivity contribution in [2.75, 3.05) is 16.9 Å². The molecule has 4 N–H and O–H groups in total. The second-order valence-electron chi connectivity index (χ2n) is 4.94. The molecule has 0 aliphatic heterocycles. The van der Waals surface area contributed by atoms with Crippen molar-refractivity contribution in [3.63, 3.8) is 0 Å². The molecule has 9 nitrogen and oxygen atoms in total. The largest absolute Gasteiger partial charge is 0.481 e. The fourth-order valence-corrected chi connectivity index (χ4v) is 2.82. The second kappa shape index (κ2) is 8.88. The number of rotatable bonds is 7. The molecule has 0 bridgehead atoms. The molecule has 1 heterocycles. The number of carbonyl (C=O) groups is 2. The van der Waals surface area contributed by atoms with E-state index < -0.39 is 17.4 Å². The van der Waals surface area contributed by atoms with E-state index >= 15 is 0 Å². The highest BCUT2D eigenvalue weighted by atomic mass is 35.5. The molecule has 1 aromatic heterocycles. The molecule has 1 aromatic carbocycles. The van der Waals surface area contributed by atoms with Crippen LogP contribution in [0.2, 0.25) is 10.0 Å². The molecule has 0 aliphatic rings. The Morgan fingerprint density at radius 2 is 2.04 bits per heavy atom. The average molecular weight is 418 g/mol. The van der Waals surface area contributed by atoms with E-state index in [1.165, 1.54) is 0 Å². The fraction of sp³-hybridized carbons (Fsp3) is 0.214. The van der Waals surface area contributed by atoms with Crippen molar-refractivity contribution in [1.82, 2.24) is 14.9 Å². The molecular formula is C14H13Cl2N5O4S. The first-order chi connectivity index (χ1) is 12.3. The molecule has 0 atom stereocenters. The highest BCUT2D eigenvalue weighted by molar-refractivity contribution is 7.99. The zero-order valence-corrected chi connectivity index (χ0v) is 15.4. The molecule has 0 aliphatic carbocycles. The first-order valence-corrected chi connectivity index (χ1v) is 8.86. The van der Waals surface area contributed by atoms with Crippen molar-refractivity contribution in [2.24, 2.45) is 0 Å². The highest BCUT2D eigenvalue weighted by Gasteiger charge is 2.14. The molecular weight excluding hydrogens is 405 g/mol. The number of carbonyl (C=O) groups excluding carboxylic acids is 1. The number of amides is 1. The van der Waals surface area contributed by atoms with Crippen LogP contribution in [0.25, 0.3) is 0 Å². The van der Waals surface area contributed by atoms with Crippen molar-refractivity contribution >= 4 is 52.5 Å². The van der Waals surface area contributed by atoms with Gasteiger partial charge in [-0.3, -0.25) is 14.4 Å². The Balaban J connectivity index is 2.01. The van der Waals surface area contributed by atoms with Gasteiger partial charge in [0.05, 0.1) is 27.9 Å². The van der Waals surface area contributed by atoms with E-state index in [1.807, 2.05) is 0 Å². The Labute approximate surface area is 161 Å². The van der Waals surface area contributed by atoms with E-state index in [1.54, 1.807) is 18.2 Å². The summed E-state index contributed by atoms with van der Waals surface area (Å²) >= 11 is 12.7. The van der Waals surface area contributed by atoms with Crippen molar-refractivity contribution in [3.05, 3.63) is 44.3 Å². The van der Waals surface area contributed by atoms with Gasteiger partial charge in [-0.2, -0.15) is 4.68 Å². The van der Waals surface area contributed by atoms with Crippen LogP contribution >= 0.6 is 35.0 Å². The Morgan fingerprint density at radius 1 is 1.31 bits per heavy atom. The molecule has 0 saturated carbocycles. The number of thioether (sulfide) groups is 1. The third-order valence-electron chi connectivity index (χ3n) is 3.06. The first kappa shape index (κ1) is 20.0. The monoisotopic (exact) mass is 417 g/mol. The molecule has 0 saturated heterocycles. The van der Waals surface area contributed by atoms with E-state index in [2.05, 4.69) is 15.5 Å². The SMILES string of the molecule is Nn1c(SCC(=O)Nc2cccc(Cl)c2Cl)nnc(CCC(=O)O)c1=O. The maximum atomic E-state index is 12.0. The number of aromatic nitrogens is 3. The van der Waals surface area contributed by atoms with Crippen LogP contribution in [-0.2, 0) is 16.0 Å². The fourth-order valence-electron chi connectivity index (χ4n) is 1.82. The zero-order valence-electron chi connectivity index (χ0n) is 13.1. The number of halogens is 2. The molecule has 1 amide bonds. The van der Waals surface area contributed by atoms with Crippen molar-refractivity contribution in [2.45, 2.75) is 18.0 Å². The van der Waals surface area contributed by atoms with Gasteiger partial charge in [-0.1, -0.05) is 41.0 Å². The summed E-state index contributed by atoms with van der Waals surface area (Å²) in [5, 5.41) is 19.2.